The fourth-order valence-corrected chi connectivity index (χ4v) is 0. The van der Waals surface area contributed by atoms with Gasteiger partial charge in [-0.05, 0) is 0 Å². The van der Waals surface area contributed by atoms with Gasteiger partial charge in [0.1, 0.15) is 0 Å². The minimum absolute atomic E-state index is 0. The second-order valence-electron chi connectivity index (χ2n) is 0.224. The van der Waals surface area contributed by atoms with Crippen LogP contribution in [-0.2, 0) is 17.1 Å². The predicted octanol–water partition coefficient (Wildman–Crippen LogP) is -3.95. The molecule has 0 atom stereocenters. The van der Waals surface area contributed by atoms with Crippen molar-refractivity contribution < 1.29 is 29.4 Å². The third kappa shape index (κ3) is 47.3. The molecule has 0 rings (SSSR count). The van der Waals surface area contributed by atoms with Gasteiger partial charge in [-0.2, -0.15) is 0 Å². The number of hydrogen-bond acceptors (Lipinski definition) is 3. The second kappa shape index (κ2) is 4.96. The van der Waals surface area contributed by atoms with E-state index >= 15 is 0 Å². The third-order valence-corrected chi connectivity index (χ3v) is 0. The van der Waals surface area contributed by atoms with Crippen molar-refractivity contribution in [2.75, 3.05) is 0 Å². The molecule has 37 valence electrons. The van der Waals surface area contributed by atoms with Gasteiger partial charge in [0.05, 0.1) is 0 Å². The van der Waals surface area contributed by atoms with Gasteiger partial charge < -0.3 is 0 Å². The Kier molecular flexibility index (Phi) is 9.27. The Labute approximate surface area is 45.4 Å². The molecular weight excluding hydrogens is 186 g/mol. The molecule has 0 aromatic carbocycles. The van der Waals surface area contributed by atoms with Crippen molar-refractivity contribution in [2.45, 2.75) is 0 Å². The summed E-state index contributed by atoms with van der Waals surface area (Å²) in [5, 5.41) is 0. The van der Waals surface area contributed by atoms with Crippen molar-refractivity contribution in [2.24, 2.45) is 0 Å². The average molecular weight is 186 g/mol. The Hall–Kier alpha value is 0.958. The van der Waals surface area contributed by atoms with E-state index in [1.165, 1.54) is 0 Å². The molecule has 0 saturated carbocycles. The van der Waals surface area contributed by atoms with Gasteiger partial charge >= 0.3 is 28.0 Å². The van der Waals surface area contributed by atoms with E-state index in [4.69, 9.17) is 12.3 Å². The fraction of sp³-hybridized carbons (Fsp3) is 0. The van der Waals surface area contributed by atoms with E-state index in [0.717, 1.165) is 0 Å². The first kappa shape index (κ1) is 9.35. The standard InChI is InChI=1S/AsO3.Cu/c2-1(3)4;/q-3;. The summed E-state index contributed by atoms with van der Waals surface area (Å²) >= 11 is -3.94. The van der Waals surface area contributed by atoms with Crippen molar-refractivity contribution >= 4 is 15.7 Å². The van der Waals surface area contributed by atoms with Crippen molar-refractivity contribution in [3.05, 3.63) is 0 Å². The quantitative estimate of drug-likeness (QED) is 0.363. The van der Waals surface area contributed by atoms with Crippen molar-refractivity contribution in [3.63, 3.8) is 0 Å². The Morgan fingerprint density at radius 2 is 1.00 bits per heavy atom. The van der Waals surface area contributed by atoms with Crippen LogP contribution in [-0.4, -0.2) is 15.7 Å². The summed E-state index contributed by atoms with van der Waals surface area (Å²) in [5.74, 6) is 0. The predicted molar refractivity (Wildman–Crippen MR) is 5.75 cm³/mol. The maximum atomic E-state index is 8.56. The van der Waals surface area contributed by atoms with Crippen molar-refractivity contribution in [1.29, 1.82) is 0 Å². The van der Waals surface area contributed by atoms with Crippen LogP contribution in [0.25, 0.3) is 0 Å². The summed E-state index contributed by atoms with van der Waals surface area (Å²) < 4.78 is 25.7. The van der Waals surface area contributed by atoms with Crippen LogP contribution in [0.4, 0.5) is 0 Å². The summed E-state index contributed by atoms with van der Waals surface area (Å²) in [6.45, 7) is 0. The SMILES string of the molecule is [Cu].[O-][As]([O-])[O-]. The molecule has 0 amide bonds. The molecule has 0 heterocycles. The summed E-state index contributed by atoms with van der Waals surface area (Å²) in [6.07, 6.45) is 0. The molecule has 0 spiro atoms. The molecule has 0 aromatic heterocycles. The van der Waals surface area contributed by atoms with Crippen LogP contribution in [0.5, 0.6) is 0 Å². The van der Waals surface area contributed by atoms with E-state index in [2.05, 4.69) is 0 Å². The van der Waals surface area contributed by atoms with Gasteiger partial charge in [-0.25, -0.2) is 0 Å². The van der Waals surface area contributed by atoms with E-state index < -0.39 is 15.7 Å². The molecule has 5 heavy (non-hydrogen) atoms. The van der Waals surface area contributed by atoms with E-state index in [-0.39, 0.29) is 17.1 Å². The van der Waals surface area contributed by atoms with Gasteiger partial charge in [0.25, 0.3) is 0 Å². The monoisotopic (exact) mass is 186 g/mol. The van der Waals surface area contributed by atoms with Gasteiger partial charge in [-0.1, -0.05) is 0 Å². The van der Waals surface area contributed by atoms with Gasteiger partial charge in [0.2, 0.25) is 0 Å². The Bertz CT molecular complexity index is 11.6. The third-order valence-electron chi connectivity index (χ3n) is 0. The molecule has 0 aliphatic rings. The average Bonchev–Trinajstić information content (AvgIpc) is 0.811. The molecule has 0 aliphatic carbocycles. The molecule has 0 bridgehead atoms. The van der Waals surface area contributed by atoms with Gasteiger partial charge in [-0.15, -0.1) is 0 Å². The van der Waals surface area contributed by atoms with E-state index in [9.17, 15) is 0 Å². The van der Waals surface area contributed by atoms with E-state index in [1.807, 2.05) is 0 Å². The normalized spacial score (nSPS) is 7.20. The fourth-order valence-electron chi connectivity index (χ4n) is 0. The molecule has 0 saturated heterocycles. The Morgan fingerprint density at radius 3 is 1.00 bits per heavy atom. The molecule has 3 nitrogen and oxygen atoms in total. The first-order valence-corrected chi connectivity index (χ1v) is 2.85. The van der Waals surface area contributed by atoms with Crippen LogP contribution in [0, 0.1) is 0 Å². The molecule has 0 aliphatic heterocycles. The van der Waals surface area contributed by atoms with E-state index in [1.54, 1.807) is 0 Å². The summed E-state index contributed by atoms with van der Waals surface area (Å²) in [6, 6.07) is 0. The first-order valence-electron chi connectivity index (χ1n) is 0.548. The topological polar surface area (TPSA) is 69.2 Å². The van der Waals surface area contributed by atoms with Crippen LogP contribution in [0.15, 0.2) is 0 Å². The molecule has 0 unspecified atom stereocenters. The second-order valence-corrected chi connectivity index (χ2v) is 1.16. The molecule has 0 aromatic rings. The van der Waals surface area contributed by atoms with Crippen LogP contribution in [0.3, 0.4) is 0 Å². The molecule has 5 heteroatoms. The molecule has 1 radical (unpaired) electrons. The van der Waals surface area contributed by atoms with Crippen LogP contribution >= 0.6 is 0 Å². The van der Waals surface area contributed by atoms with Crippen molar-refractivity contribution in [1.82, 2.24) is 0 Å². The maximum absolute atomic E-state index is 8.56. The van der Waals surface area contributed by atoms with Crippen molar-refractivity contribution in [3.8, 4) is 0 Å². The van der Waals surface area contributed by atoms with Gasteiger partial charge in [0.15, 0.2) is 0 Å². The van der Waals surface area contributed by atoms with E-state index in [0.29, 0.717) is 0 Å². The Morgan fingerprint density at radius 1 is 1.00 bits per heavy atom. The van der Waals surface area contributed by atoms with Crippen LogP contribution in [0.2, 0.25) is 0 Å². The van der Waals surface area contributed by atoms with Crippen LogP contribution in [0.1, 0.15) is 0 Å². The Balaban J connectivity index is 0. The number of hydrogen-bond donors (Lipinski definition) is 0. The van der Waals surface area contributed by atoms with Crippen LogP contribution < -0.4 is 12.3 Å². The summed E-state index contributed by atoms with van der Waals surface area (Å²) in [7, 11) is 0. The molecule has 0 fully saturated rings. The minimum atomic E-state index is -3.94. The zero-order valence-corrected chi connectivity index (χ0v) is 4.79. The van der Waals surface area contributed by atoms with Gasteiger partial charge in [-0.3, -0.25) is 0 Å². The molecular formula is AsCuO3-3. The molecule has 0 N–H and O–H groups in total. The summed E-state index contributed by atoms with van der Waals surface area (Å²) in [5.41, 5.74) is 0. The van der Waals surface area contributed by atoms with Gasteiger partial charge in [0, 0.05) is 17.1 Å². The zero-order valence-electron chi connectivity index (χ0n) is 1.97. The number of rotatable bonds is 0. The first-order chi connectivity index (χ1) is 1.73. The zero-order chi connectivity index (χ0) is 3.58. The summed E-state index contributed by atoms with van der Waals surface area (Å²) in [4.78, 5) is 0.